The Bertz CT molecular complexity index is 582. The van der Waals surface area contributed by atoms with Gasteiger partial charge in [-0.1, -0.05) is 34.1 Å². The summed E-state index contributed by atoms with van der Waals surface area (Å²) in [6.07, 6.45) is 0. The first-order chi connectivity index (χ1) is 8.69. The zero-order valence-electron chi connectivity index (χ0n) is 10.1. The molecule has 0 saturated carbocycles. The Balaban J connectivity index is 2.11. The lowest BCUT2D eigenvalue weighted by atomic mass is 10.1. The molecule has 2 rings (SSSR count). The highest BCUT2D eigenvalue weighted by Crippen LogP contribution is 2.18. The molecule has 0 aliphatic heterocycles. The van der Waals surface area contributed by atoms with Crippen molar-refractivity contribution in [3.63, 3.8) is 0 Å². The molecule has 0 heterocycles. The minimum atomic E-state index is 0.687. The van der Waals surface area contributed by atoms with Gasteiger partial charge in [0.15, 0.2) is 0 Å². The monoisotopic (exact) mass is 300 g/mol. The molecule has 0 atom stereocenters. The van der Waals surface area contributed by atoms with Gasteiger partial charge in [0.05, 0.1) is 11.3 Å². The van der Waals surface area contributed by atoms with Crippen LogP contribution in [0.2, 0.25) is 0 Å². The summed E-state index contributed by atoms with van der Waals surface area (Å²) >= 11 is 3.41. The largest absolute Gasteiger partial charge is 0.380 e. The first-order valence-corrected chi connectivity index (χ1v) is 6.47. The zero-order valence-corrected chi connectivity index (χ0v) is 11.7. The molecule has 0 aromatic heterocycles. The van der Waals surface area contributed by atoms with Gasteiger partial charge in [-0.15, -0.1) is 0 Å². The molecule has 0 spiro atoms. The van der Waals surface area contributed by atoms with Gasteiger partial charge in [-0.25, -0.2) is 0 Å². The number of hydrogen-bond acceptors (Lipinski definition) is 2. The third kappa shape index (κ3) is 3.12. The number of anilines is 1. The van der Waals surface area contributed by atoms with E-state index in [4.69, 9.17) is 5.26 Å². The van der Waals surface area contributed by atoms with Gasteiger partial charge in [0, 0.05) is 11.0 Å². The summed E-state index contributed by atoms with van der Waals surface area (Å²) in [5, 5.41) is 12.4. The molecule has 90 valence electrons. The molecule has 0 fully saturated rings. The second-order valence-electron chi connectivity index (χ2n) is 4.14. The average Bonchev–Trinajstić information content (AvgIpc) is 2.39. The van der Waals surface area contributed by atoms with Crippen molar-refractivity contribution in [1.29, 1.82) is 5.26 Å². The number of hydrogen-bond donors (Lipinski definition) is 1. The van der Waals surface area contributed by atoms with Crippen LogP contribution < -0.4 is 5.32 Å². The van der Waals surface area contributed by atoms with Gasteiger partial charge in [0.25, 0.3) is 0 Å². The van der Waals surface area contributed by atoms with Crippen LogP contribution in [0.15, 0.2) is 46.9 Å². The van der Waals surface area contributed by atoms with Gasteiger partial charge in [-0.3, -0.25) is 0 Å². The van der Waals surface area contributed by atoms with E-state index in [1.807, 2.05) is 37.3 Å². The third-order valence-corrected chi connectivity index (χ3v) is 3.22. The third-order valence-electron chi connectivity index (χ3n) is 2.69. The molecule has 2 aromatic rings. The summed E-state index contributed by atoms with van der Waals surface area (Å²) < 4.78 is 1.07. The SMILES string of the molecule is Cc1ccc(NCc2ccc(Br)cc2)c(C#N)c1. The van der Waals surface area contributed by atoms with Gasteiger partial charge in [0.2, 0.25) is 0 Å². The van der Waals surface area contributed by atoms with Gasteiger partial charge in [0.1, 0.15) is 6.07 Å². The summed E-state index contributed by atoms with van der Waals surface area (Å²) in [6.45, 7) is 2.70. The van der Waals surface area contributed by atoms with E-state index in [1.54, 1.807) is 0 Å². The molecule has 0 radical (unpaired) electrons. The molecular weight excluding hydrogens is 288 g/mol. The van der Waals surface area contributed by atoms with Crippen molar-refractivity contribution in [3.8, 4) is 6.07 Å². The molecule has 0 saturated heterocycles. The summed E-state index contributed by atoms with van der Waals surface area (Å²) in [5.41, 5.74) is 3.85. The zero-order chi connectivity index (χ0) is 13.0. The molecule has 18 heavy (non-hydrogen) atoms. The summed E-state index contributed by atoms with van der Waals surface area (Å²) in [4.78, 5) is 0. The number of halogens is 1. The molecule has 0 bridgehead atoms. The molecule has 1 N–H and O–H groups in total. The van der Waals surface area contributed by atoms with E-state index in [0.29, 0.717) is 12.1 Å². The number of aryl methyl sites for hydroxylation is 1. The van der Waals surface area contributed by atoms with Crippen molar-refractivity contribution in [2.75, 3.05) is 5.32 Å². The van der Waals surface area contributed by atoms with Crippen LogP contribution in [-0.2, 0) is 6.54 Å². The number of nitrogens with one attached hydrogen (secondary N) is 1. The van der Waals surface area contributed by atoms with E-state index in [0.717, 1.165) is 15.7 Å². The first kappa shape index (κ1) is 12.7. The molecule has 0 amide bonds. The number of rotatable bonds is 3. The van der Waals surface area contributed by atoms with Crippen molar-refractivity contribution < 1.29 is 0 Å². The van der Waals surface area contributed by atoms with Crippen LogP contribution in [0.1, 0.15) is 16.7 Å². The number of benzene rings is 2. The highest BCUT2D eigenvalue weighted by Gasteiger charge is 2.01. The Morgan fingerprint density at radius 3 is 2.56 bits per heavy atom. The maximum absolute atomic E-state index is 9.08. The van der Waals surface area contributed by atoms with Crippen LogP contribution in [-0.4, -0.2) is 0 Å². The summed E-state index contributed by atoms with van der Waals surface area (Å²) in [6, 6.07) is 16.2. The Morgan fingerprint density at radius 2 is 1.89 bits per heavy atom. The topological polar surface area (TPSA) is 35.8 Å². The van der Waals surface area contributed by atoms with Crippen LogP contribution in [0, 0.1) is 18.3 Å². The number of nitriles is 1. The first-order valence-electron chi connectivity index (χ1n) is 5.68. The lowest BCUT2D eigenvalue weighted by Crippen LogP contribution is -2.01. The van der Waals surface area contributed by atoms with E-state index < -0.39 is 0 Å². The minimum Gasteiger partial charge on any atom is -0.380 e. The van der Waals surface area contributed by atoms with Gasteiger partial charge in [-0.05, 0) is 42.3 Å². The molecule has 3 heteroatoms. The Morgan fingerprint density at radius 1 is 1.17 bits per heavy atom. The Hall–Kier alpha value is -1.79. The molecule has 2 nitrogen and oxygen atoms in total. The van der Waals surface area contributed by atoms with Crippen molar-refractivity contribution in [1.82, 2.24) is 0 Å². The quantitative estimate of drug-likeness (QED) is 0.920. The fourth-order valence-corrected chi connectivity index (χ4v) is 1.97. The smallest absolute Gasteiger partial charge is 0.101 e. The van der Waals surface area contributed by atoms with Gasteiger partial charge >= 0.3 is 0 Å². The molecular formula is C15H13BrN2. The van der Waals surface area contributed by atoms with Crippen LogP contribution in [0.3, 0.4) is 0 Å². The standard InChI is InChI=1S/C15H13BrN2/c1-11-2-7-15(13(8-11)9-17)18-10-12-3-5-14(16)6-4-12/h2-8,18H,10H2,1H3. The van der Waals surface area contributed by atoms with E-state index >= 15 is 0 Å². The normalized spacial score (nSPS) is 9.83. The van der Waals surface area contributed by atoms with Crippen molar-refractivity contribution in [3.05, 3.63) is 63.6 Å². The van der Waals surface area contributed by atoms with Crippen molar-refractivity contribution >= 4 is 21.6 Å². The maximum atomic E-state index is 9.08. The highest BCUT2D eigenvalue weighted by molar-refractivity contribution is 9.10. The van der Waals surface area contributed by atoms with Crippen LogP contribution in [0.4, 0.5) is 5.69 Å². The fraction of sp³-hybridized carbons (Fsp3) is 0.133. The van der Waals surface area contributed by atoms with Crippen molar-refractivity contribution in [2.45, 2.75) is 13.5 Å². The summed E-state index contributed by atoms with van der Waals surface area (Å²) in [7, 11) is 0. The highest BCUT2D eigenvalue weighted by atomic mass is 79.9. The van der Waals surface area contributed by atoms with E-state index in [1.165, 1.54) is 5.56 Å². The fourth-order valence-electron chi connectivity index (χ4n) is 1.70. The van der Waals surface area contributed by atoms with Crippen LogP contribution >= 0.6 is 15.9 Å². The molecule has 0 aliphatic carbocycles. The summed E-state index contributed by atoms with van der Waals surface area (Å²) in [5.74, 6) is 0. The predicted octanol–water partition coefficient (Wildman–Crippen LogP) is 4.24. The lowest BCUT2D eigenvalue weighted by molar-refractivity contribution is 1.14. The predicted molar refractivity (Wildman–Crippen MR) is 77.4 cm³/mol. The Labute approximate surface area is 115 Å². The van der Waals surface area contributed by atoms with Crippen LogP contribution in [0.5, 0.6) is 0 Å². The van der Waals surface area contributed by atoms with Crippen LogP contribution in [0.25, 0.3) is 0 Å². The second-order valence-corrected chi connectivity index (χ2v) is 5.06. The second kappa shape index (κ2) is 5.70. The minimum absolute atomic E-state index is 0.687. The lowest BCUT2D eigenvalue weighted by Gasteiger charge is -2.09. The molecule has 0 unspecified atom stereocenters. The van der Waals surface area contributed by atoms with E-state index in [2.05, 4.69) is 39.4 Å². The average molecular weight is 301 g/mol. The van der Waals surface area contributed by atoms with E-state index in [9.17, 15) is 0 Å². The molecule has 0 aliphatic rings. The maximum Gasteiger partial charge on any atom is 0.101 e. The molecule has 2 aromatic carbocycles. The van der Waals surface area contributed by atoms with Gasteiger partial charge < -0.3 is 5.32 Å². The van der Waals surface area contributed by atoms with Gasteiger partial charge in [-0.2, -0.15) is 5.26 Å². The Kier molecular flexibility index (Phi) is 4.01. The number of nitrogens with zero attached hydrogens (tertiary/aromatic N) is 1. The van der Waals surface area contributed by atoms with Crippen molar-refractivity contribution in [2.24, 2.45) is 0 Å². The van der Waals surface area contributed by atoms with E-state index in [-0.39, 0.29) is 0 Å².